The number of allylic oxidation sites excluding steroid dienone is 1. The first kappa shape index (κ1) is 21.9. The first-order valence-corrected chi connectivity index (χ1v) is 11.2. The van der Waals surface area contributed by atoms with Gasteiger partial charge in [0.2, 0.25) is 11.8 Å². The van der Waals surface area contributed by atoms with Crippen molar-refractivity contribution < 1.29 is 9.47 Å². The number of nitrogens with zero attached hydrogens (tertiary/aromatic N) is 4. The minimum absolute atomic E-state index is 0.279. The van der Waals surface area contributed by atoms with E-state index in [1.54, 1.807) is 13.4 Å². The van der Waals surface area contributed by atoms with Gasteiger partial charge < -0.3 is 9.47 Å². The Kier molecular flexibility index (Phi) is 6.49. The van der Waals surface area contributed by atoms with Crippen LogP contribution in [-0.4, -0.2) is 27.0 Å². The van der Waals surface area contributed by atoms with Crippen LogP contribution in [0.25, 0.3) is 17.0 Å². The van der Waals surface area contributed by atoms with Crippen molar-refractivity contribution in [3.63, 3.8) is 0 Å². The van der Waals surface area contributed by atoms with Crippen molar-refractivity contribution in [1.82, 2.24) is 19.9 Å². The van der Waals surface area contributed by atoms with E-state index >= 15 is 0 Å². The number of benzene rings is 1. The molecule has 0 bridgehead atoms. The molecule has 0 saturated heterocycles. The van der Waals surface area contributed by atoms with Crippen molar-refractivity contribution in [2.45, 2.75) is 58.5 Å². The third-order valence-electron chi connectivity index (χ3n) is 5.97. The van der Waals surface area contributed by atoms with Crippen LogP contribution in [-0.2, 0) is 6.61 Å². The molecular formula is C26H30N4O2. The molecule has 3 aromatic rings. The third-order valence-corrected chi connectivity index (χ3v) is 5.97. The monoisotopic (exact) mass is 430 g/mol. The van der Waals surface area contributed by atoms with Gasteiger partial charge in [0.05, 0.1) is 12.8 Å². The maximum atomic E-state index is 6.24. The fourth-order valence-corrected chi connectivity index (χ4v) is 3.62. The number of ether oxygens (including phenoxy) is 2. The number of hydrogen-bond acceptors (Lipinski definition) is 6. The molecule has 0 aliphatic heterocycles. The Morgan fingerprint density at radius 3 is 2.50 bits per heavy atom. The van der Waals surface area contributed by atoms with Crippen molar-refractivity contribution >= 4 is 5.57 Å². The molecule has 1 atom stereocenters. The highest BCUT2D eigenvalue weighted by Gasteiger charge is 2.31. The number of methoxy groups -OCH3 is 1. The van der Waals surface area contributed by atoms with Crippen molar-refractivity contribution in [2.75, 3.05) is 7.11 Å². The molecule has 6 nitrogen and oxygen atoms in total. The average molecular weight is 431 g/mol. The van der Waals surface area contributed by atoms with E-state index in [2.05, 4.69) is 59.6 Å². The Bertz CT molecular complexity index is 1110. The molecule has 1 saturated carbocycles. The van der Waals surface area contributed by atoms with Crippen molar-refractivity contribution in [1.29, 1.82) is 0 Å². The van der Waals surface area contributed by atoms with E-state index < -0.39 is 0 Å². The maximum Gasteiger partial charge on any atom is 0.227 e. The topological polar surface area (TPSA) is 70.0 Å². The SMILES string of the molecule is C=C(C)c1ccc(COc2nc(-c3c(OC)ncnc3C3CC3)ncc2C(C)CC)cc1. The van der Waals surface area contributed by atoms with Gasteiger partial charge >= 0.3 is 0 Å². The summed E-state index contributed by atoms with van der Waals surface area (Å²) in [5.41, 5.74) is 5.96. The minimum Gasteiger partial charge on any atom is -0.480 e. The van der Waals surface area contributed by atoms with Crippen LogP contribution in [0.1, 0.15) is 74.3 Å². The molecule has 0 radical (unpaired) electrons. The zero-order chi connectivity index (χ0) is 22.7. The number of hydrogen-bond donors (Lipinski definition) is 0. The van der Waals surface area contributed by atoms with Crippen LogP contribution in [0, 0.1) is 0 Å². The molecule has 1 fully saturated rings. The summed E-state index contributed by atoms with van der Waals surface area (Å²) in [6.45, 7) is 10.7. The molecule has 1 aliphatic carbocycles. The second kappa shape index (κ2) is 9.47. The summed E-state index contributed by atoms with van der Waals surface area (Å²) in [4.78, 5) is 18.4. The normalized spacial score (nSPS) is 14.1. The average Bonchev–Trinajstić information content (AvgIpc) is 3.67. The molecule has 32 heavy (non-hydrogen) atoms. The summed E-state index contributed by atoms with van der Waals surface area (Å²) in [6.07, 6.45) is 6.62. The number of aromatic nitrogens is 4. The summed E-state index contributed by atoms with van der Waals surface area (Å²) in [5, 5.41) is 0. The Hall–Kier alpha value is -3.28. The zero-order valence-electron chi connectivity index (χ0n) is 19.3. The Balaban J connectivity index is 1.69. The molecule has 1 unspecified atom stereocenters. The smallest absolute Gasteiger partial charge is 0.227 e. The molecule has 166 valence electrons. The van der Waals surface area contributed by atoms with E-state index in [0.717, 1.165) is 52.8 Å². The van der Waals surface area contributed by atoms with Crippen LogP contribution in [0.3, 0.4) is 0 Å². The van der Waals surface area contributed by atoms with Crippen LogP contribution in [0.5, 0.6) is 11.8 Å². The highest BCUT2D eigenvalue weighted by molar-refractivity contribution is 5.66. The second-order valence-electron chi connectivity index (χ2n) is 8.45. The van der Waals surface area contributed by atoms with E-state index in [1.165, 1.54) is 0 Å². The van der Waals surface area contributed by atoms with Gasteiger partial charge in [-0.05, 0) is 43.2 Å². The van der Waals surface area contributed by atoms with Crippen molar-refractivity contribution in [3.8, 4) is 23.1 Å². The van der Waals surface area contributed by atoms with Crippen molar-refractivity contribution in [2.24, 2.45) is 0 Å². The van der Waals surface area contributed by atoms with Gasteiger partial charge in [0.15, 0.2) is 5.82 Å². The summed E-state index contributed by atoms with van der Waals surface area (Å²) < 4.78 is 11.8. The molecule has 1 aromatic carbocycles. The number of rotatable bonds is 9. The summed E-state index contributed by atoms with van der Waals surface area (Å²) in [7, 11) is 1.61. The van der Waals surface area contributed by atoms with Gasteiger partial charge in [0.25, 0.3) is 0 Å². The van der Waals surface area contributed by atoms with E-state index in [-0.39, 0.29) is 5.92 Å². The van der Waals surface area contributed by atoms with Gasteiger partial charge in [-0.15, -0.1) is 0 Å². The van der Waals surface area contributed by atoms with Crippen LogP contribution in [0.2, 0.25) is 0 Å². The molecular weight excluding hydrogens is 400 g/mol. The van der Waals surface area contributed by atoms with Crippen LogP contribution in [0.4, 0.5) is 0 Å². The summed E-state index contributed by atoms with van der Waals surface area (Å²) in [6, 6.07) is 8.26. The van der Waals surface area contributed by atoms with Gasteiger partial charge in [-0.3, -0.25) is 0 Å². The van der Waals surface area contributed by atoms with Gasteiger partial charge in [0.1, 0.15) is 18.5 Å². The highest BCUT2D eigenvalue weighted by atomic mass is 16.5. The summed E-state index contributed by atoms with van der Waals surface area (Å²) in [5.74, 6) is 2.34. The predicted molar refractivity (Wildman–Crippen MR) is 126 cm³/mol. The first-order chi connectivity index (χ1) is 15.5. The molecule has 1 aliphatic rings. The Morgan fingerprint density at radius 1 is 1.12 bits per heavy atom. The molecule has 2 aromatic heterocycles. The van der Waals surface area contributed by atoms with Crippen LogP contribution >= 0.6 is 0 Å². The third kappa shape index (κ3) is 4.64. The lowest BCUT2D eigenvalue weighted by atomic mass is 10.0. The predicted octanol–water partition coefficient (Wildman–Crippen LogP) is 5.95. The lowest BCUT2D eigenvalue weighted by Crippen LogP contribution is -2.07. The lowest BCUT2D eigenvalue weighted by Gasteiger charge is -2.17. The first-order valence-electron chi connectivity index (χ1n) is 11.2. The largest absolute Gasteiger partial charge is 0.480 e. The molecule has 4 rings (SSSR count). The van der Waals surface area contributed by atoms with E-state index in [1.807, 2.05) is 13.1 Å². The standard InChI is InChI=1S/C26H30N4O2/c1-6-17(4)21-13-27-24(22-23(20-11-12-20)28-15-29-26(22)31-5)30-25(21)32-14-18-7-9-19(10-8-18)16(2)3/h7-10,13,15,17,20H,2,6,11-12,14H2,1,3-5H3. The van der Waals surface area contributed by atoms with Gasteiger partial charge in [0, 0.05) is 17.7 Å². The molecule has 2 heterocycles. The second-order valence-corrected chi connectivity index (χ2v) is 8.45. The van der Waals surface area contributed by atoms with Crippen molar-refractivity contribution in [3.05, 3.63) is 65.8 Å². The van der Waals surface area contributed by atoms with E-state index in [9.17, 15) is 0 Å². The lowest BCUT2D eigenvalue weighted by molar-refractivity contribution is 0.288. The molecule has 0 spiro atoms. The molecule has 6 heteroatoms. The van der Waals surface area contributed by atoms with Crippen LogP contribution < -0.4 is 9.47 Å². The van der Waals surface area contributed by atoms with Gasteiger partial charge in [-0.25, -0.2) is 15.0 Å². The minimum atomic E-state index is 0.279. The van der Waals surface area contributed by atoms with Crippen LogP contribution in [0.15, 0.2) is 43.4 Å². The maximum absolute atomic E-state index is 6.24. The van der Waals surface area contributed by atoms with E-state index in [4.69, 9.17) is 14.5 Å². The highest BCUT2D eigenvalue weighted by Crippen LogP contribution is 2.45. The molecule has 0 amide bonds. The summed E-state index contributed by atoms with van der Waals surface area (Å²) >= 11 is 0. The quantitative estimate of drug-likeness (QED) is 0.418. The fraction of sp³-hybridized carbons (Fsp3) is 0.385. The van der Waals surface area contributed by atoms with Gasteiger partial charge in [-0.1, -0.05) is 50.3 Å². The molecule has 0 N–H and O–H groups in total. The Morgan fingerprint density at radius 2 is 1.88 bits per heavy atom. The van der Waals surface area contributed by atoms with E-state index in [0.29, 0.717) is 30.1 Å². The Labute approximate surface area is 189 Å². The fourth-order valence-electron chi connectivity index (χ4n) is 3.62. The van der Waals surface area contributed by atoms with Gasteiger partial charge in [-0.2, -0.15) is 4.98 Å². The zero-order valence-corrected chi connectivity index (χ0v) is 19.3.